The highest BCUT2D eigenvalue weighted by molar-refractivity contribution is 5.90. The molecule has 9 nitrogen and oxygen atoms in total. The molecule has 0 unspecified atom stereocenters. The van der Waals surface area contributed by atoms with Gasteiger partial charge in [0.15, 0.2) is 23.0 Å². The molecule has 0 saturated carbocycles. The zero-order valence-electron chi connectivity index (χ0n) is 21.4. The minimum Gasteiger partial charge on any atom is -0.480 e. The first-order valence-electron chi connectivity index (χ1n) is 12.8. The van der Waals surface area contributed by atoms with Gasteiger partial charge >= 0.3 is 5.97 Å². The SMILES string of the molecule is C[C@](Cc1c[nH]c2ccccc12)(NC(=O)C(Cc1ccc2c(c1)OCO2)Cc1ccc2c(c1)OCO2)C(=O)O. The molecule has 3 aromatic carbocycles. The second-order valence-electron chi connectivity index (χ2n) is 10.1. The van der Waals surface area contributed by atoms with Crippen LogP contribution in [0.4, 0.5) is 0 Å². The Morgan fingerprint density at radius 3 is 2.10 bits per heavy atom. The zero-order chi connectivity index (χ0) is 27.0. The number of rotatable bonds is 9. The second kappa shape index (κ2) is 9.90. The molecule has 9 heteroatoms. The van der Waals surface area contributed by atoms with Crippen molar-refractivity contribution in [2.24, 2.45) is 5.92 Å². The van der Waals surface area contributed by atoms with Crippen molar-refractivity contribution in [1.82, 2.24) is 10.3 Å². The Hall–Kier alpha value is -4.66. The Bertz CT molecular complexity index is 1500. The summed E-state index contributed by atoms with van der Waals surface area (Å²) in [7, 11) is 0. The molecule has 2 aliphatic heterocycles. The number of ether oxygens (including phenoxy) is 4. The molecule has 2 aliphatic rings. The molecule has 0 radical (unpaired) electrons. The van der Waals surface area contributed by atoms with E-state index in [1.54, 1.807) is 13.1 Å². The number of para-hydroxylation sites is 1. The minimum atomic E-state index is -1.52. The molecule has 0 bridgehead atoms. The summed E-state index contributed by atoms with van der Waals surface area (Å²) in [5.41, 5.74) is 1.97. The molecule has 39 heavy (non-hydrogen) atoms. The average molecular weight is 529 g/mol. The van der Waals surface area contributed by atoms with Crippen LogP contribution in [-0.4, -0.2) is 41.1 Å². The quantitative estimate of drug-likeness (QED) is 0.298. The number of carbonyl (C=O) groups excluding carboxylic acids is 1. The number of nitrogens with one attached hydrogen (secondary N) is 2. The van der Waals surface area contributed by atoms with Crippen LogP contribution in [0.25, 0.3) is 10.9 Å². The molecule has 200 valence electrons. The van der Waals surface area contributed by atoms with E-state index >= 15 is 0 Å². The Kier molecular flexibility index (Phi) is 6.26. The van der Waals surface area contributed by atoms with Crippen molar-refractivity contribution in [1.29, 1.82) is 0 Å². The number of aliphatic carboxylic acids is 1. The summed E-state index contributed by atoms with van der Waals surface area (Å²) in [5.74, 6) is 0.558. The lowest BCUT2D eigenvalue weighted by Crippen LogP contribution is -2.55. The van der Waals surface area contributed by atoms with Gasteiger partial charge in [0.05, 0.1) is 0 Å². The van der Waals surface area contributed by atoms with Crippen molar-refractivity contribution in [3.05, 3.63) is 83.6 Å². The molecule has 3 N–H and O–H groups in total. The van der Waals surface area contributed by atoms with Crippen molar-refractivity contribution >= 4 is 22.8 Å². The van der Waals surface area contributed by atoms with E-state index < -0.39 is 17.4 Å². The van der Waals surface area contributed by atoms with Gasteiger partial charge in [-0.3, -0.25) is 4.79 Å². The second-order valence-corrected chi connectivity index (χ2v) is 10.1. The fourth-order valence-electron chi connectivity index (χ4n) is 5.17. The van der Waals surface area contributed by atoms with E-state index in [1.165, 1.54) is 0 Å². The van der Waals surface area contributed by atoms with E-state index in [0.717, 1.165) is 27.6 Å². The summed E-state index contributed by atoms with van der Waals surface area (Å²) in [6.45, 7) is 1.86. The maximum absolute atomic E-state index is 13.8. The summed E-state index contributed by atoms with van der Waals surface area (Å²) in [5, 5.41) is 14.0. The van der Waals surface area contributed by atoms with Crippen LogP contribution >= 0.6 is 0 Å². The first-order valence-corrected chi connectivity index (χ1v) is 12.8. The number of fused-ring (bicyclic) bond motifs is 3. The van der Waals surface area contributed by atoms with Crippen molar-refractivity contribution < 1.29 is 33.6 Å². The number of carboxylic acid groups (broad SMARTS) is 1. The predicted molar refractivity (Wildman–Crippen MR) is 142 cm³/mol. The van der Waals surface area contributed by atoms with E-state index in [-0.39, 0.29) is 25.9 Å². The van der Waals surface area contributed by atoms with Crippen LogP contribution in [0.15, 0.2) is 66.9 Å². The van der Waals surface area contributed by atoms with Gasteiger partial charge in [-0.15, -0.1) is 0 Å². The molecule has 4 aromatic rings. The van der Waals surface area contributed by atoms with Gasteiger partial charge in [0.2, 0.25) is 19.5 Å². The van der Waals surface area contributed by atoms with Gasteiger partial charge in [0, 0.05) is 29.4 Å². The van der Waals surface area contributed by atoms with Crippen molar-refractivity contribution in [2.75, 3.05) is 13.6 Å². The third-order valence-electron chi connectivity index (χ3n) is 7.30. The molecule has 6 rings (SSSR count). The zero-order valence-corrected chi connectivity index (χ0v) is 21.4. The Labute approximate surface area is 224 Å². The fraction of sp³-hybridized carbons (Fsp3) is 0.267. The van der Waals surface area contributed by atoms with Gasteiger partial charge in [-0.2, -0.15) is 0 Å². The van der Waals surface area contributed by atoms with Gasteiger partial charge in [-0.25, -0.2) is 4.79 Å². The van der Waals surface area contributed by atoms with E-state index in [4.69, 9.17) is 18.9 Å². The maximum atomic E-state index is 13.8. The molecule has 1 aromatic heterocycles. The number of benzene rings is 3. The summed E-state index contributed by atoms with van der Waals surface area (Å²) < 4.78 is 21.9. The van der Waals surface area contributed by atoms with Crippen LogP contribution < -0.4 is 24.3 Å². The number of H-pyrrole nitrogens is 1. The van der Waals surface area contributed by atoms with Crippen molar-refractivity contribution in [3.8, 4) is 23.0 Å². The van der Waals surface area contributed by atoms with Gasteiger partial charge in [-0.05, 0) is 66.8 Å². The monoisotopic (exact) mass is 528 g/mol. The number of hydrogen-bond donors (Lipinski definition) is 3. The highest BCUT2D eigenvalue weighted by Crippen LogP contribution is 2.35. The van der Waals surface area contributed by atoms with Crippen molar-refractivity contribution in [2.45, 2.75) is 31.7 Å². The fourth-order valence-corrected chi connectivity index (χ4v) is 5.17. The van der Waals surface area contributed by atoms with Gasteiger partial charge in [0.25, 0.3) is 0 Å². The number of carboxylic acids is 1. The summed E-state index contributed by atoms with van der Waals surface area (Å²) >= 11 is 0. The largest absolute Gasteiger partial charge is 0.480 e. The number of aromatic nitrogens is 1. The third-order valence-corrected chi connectivity index (χ3v) is 7.30. The summed E-state index contributed by atoms with van der Waals surface area (Å²) in [4.78, 5) is 29.5. The standard InChI is InChI=1S/C30H28N2O7/c1-30(29(34)35,14-21-15-31-23-5-3-2-4-22(21)23)32-28(33)20(10-18-6-8-24-26(12-18)38-16-36-24)11-19-7-9-25-27(13-19)39-17-37-25/h2-9,12-13,15,20,31H,10-11,14,16-17H2,1H3,(H,32,33)(H,34,35)/t30-/m1/s1. The molecule has 0 aliphatic carbocycles. The lowest BCUT2D eigenvalue weighted by atomic mass is 9.88. The van der Waals surface area contributed by atoms with Crippen LogP contribution in [0.3, 0.4) is 0 Å². The Morgan fingerprint density at radius 2 is 1.49 bits per heavy atom. The predicted octanol–water partition coefficient (Wildman–Crippen LogP) is 4.23. The van der Waals surface area contributed by atoms with E-state index in [9.17, 15) is 14.7 Å². The molecular weight excluding hydrogens is 500 g/mol. The number of carbonyl (C=O) groups is 2. The first kappa shape index (κ1) is 24.7. The number of aromatic amines is 1. The van der Waals surface area contributed by atoms with Crippen LogP contribution in [0.2, 0.25) is 0 Å². The lowest BCUT2D eigenvalue weighted by Gasteiger charge is -2.29. The Morgan fingerprint density at radius 1 is 0.897 bits per heavy atom. The van der Waals surface area contributed by atoms with Gasteiger partial charge < -0.3 is 34.4 Å². The maximum Gasteiger partial charge on any atom is 0.329 e. The van der Waals surface area contributed by atoms with Gasteiger partial charge in [-0.1, -0.05) is 30.3 Å². The van der Waals surface area contributed by atoms with Crippen LogP contribution in [0.1, 0.15) is 23.6 Å². The molecule has 0 spiro atoms. The molecule has 0 saturated heterocycles. The molecule has 0 fully saturated rings. The number of hydrogen-bond acceptors (Lipinski definition) is 6. The highest BCUT2D eigenvalue weighted by Gasteiger charge is 2.38. The molecule has 1 amide bonds. The topological polar surface area (TPSA) is 119 Å². The summed E-state index contributed by atoms with van der Waals surface area (Å²) in [6, 6.07) is 18.9. The average Bonchev–Trinajstić information content (AvgIpc) is 3.68. The van der Waals surface area contributed by atoms with Crippen LogP contribution in [-0.2, 0) is 28.9 Å². The van der Waals surface area contributed by atoms with E-state index in [0.29, 0.717) is 35.8 Å². The lowest BCUT2D eigenvalue weighted by molar-refractivity contribution is -0.147. The number of amides is 1. The molecular formula is C30H28N2O7. The van der Waals surface area contributed by atoms with Crippen molar-refractivity contribution in [3.63, 3.8) is 0 Å². The minimum absolute atomic E-state index is 0.124. The molecule has 1 atom stereocenters. The van der Waals surface area contributed by atoms with Crippen LogP contribution in [0, 0.1) is 5.92 Å². The highest BCUT2D eigenvalue weighted by atomic mass is 16.7. The first-order chi connectivity index (χ1) is 18.9. The Balaban J connectivity index is 1.27. The third kappa shape index (κ3) is 4.95. The van der Waals surface area contributed by atoms with E-state index in [2.05, 4.69) is 10.3 Å². The van der Waals surface area contributed by atoms with E-state index in [1.807, 2.05) is 60.7 Å². The molecule has 3 heterocycles. The van der Waals surface area contributed by atoms with Gasteiger partial charge in [0.1, 0.15) is 5.54 Å². The smallest absolute Gasteiger partial charge is 0.329 e. The normalized spacial score (nSPS) is 14.9. The summed E-state index contributed by atoms with van der Waals surface area (Å²) in [6.07, 6.45) is 2.67. The van der Waals surface area contributed by atoms with Crippen LogP contribution in [0.5, 0.6) is 23.0 Å².